The lowest BCUT2D eigenvalue weighted by molar-refractivity contribution is 0.254. The van der Waals surface area contributed by atoms with Crippen molar-refractivity contribution < 1.29 is 13.2 Å². The van der Waals surface area contributed by atoms with E-state index in [9.17, 15) is 8.42 Å². The number of nitrogens with one attached hydrogen (secondary N) is 2. The van der Waals surface area contributed by atoms with Gasteiger partial charge in [-0.1, -0.05) is 0 Å². The first-order valence-corrected chi connectivity index (χ1v) is 8.99. The number of ether oxygens (including phenoxy) is 1. The average molecular weight is 310 g/mol. The van der Waals surface area contributed by atoms with E-state index in [4.69, 9.17) is 4.74 Å². The number of piperidine rings is 1. The quantitative estimate of drug-likeness (QED) is 0.886. The van der Waals surface area contributed by atoms with Crippen molar-refractivity contribution in [2.24, 2.45) is 0 Å². The zero-order valence-electron chi connectivity index (χ0n) is 12.4. The lowest BCUT2D eigenvalue weighted by Crippen LogP contribution is -2.51. The molecule has 1 fully saturated rings. The van der Waals surface area contributed by atoms with Crippen LogP contribution in [-0.4, -0.2) is 33.2 Å². The maximum absolute atomic E-state index is 12.5. The summed E-state index contributed by atoms with van der Waals surface area (Å²) in [4.78, 5) is 0.330. The Hall–Kier alpha value is -1.11. The maximum Gasteiger partial charge on any atom is 0.240 e. The van der Waals surface area contributed by atoms with Crippen LogP contribution in [0.3, 0.4) is 0 Å². The Kier molecular flexibility index (Phi) is 3.94. The highest BCUT2D eigenvalue weighted by atomic mass is 32.2. The molecule has 1 aromatic rings. The van der Waals surface area contributed by atoms with Gasteiger partial charge < -0.3 is 10.1 Å². The molecule has 3 atom stereocenters. The van der Waals surface area contributed by atoms with E-state index in [0.29, 0.717) is 4.90 Å². The van der Waals surface area contributed by atoms with E-state index in [1.54, 1.807) is 18.2 Å². The zero-order chi connectivity index (χ0) is 15.0. The number of hydrogen-bond acceptors (Lipinski definition) is 4. The third kappa shape index (κ3) is 3.07. The first-order chi connectivity index (χ1) is 9.95. The summed E-state index contributed by atoms with van der Waals surface area (Å²) in [6, 6.07) is 5.23. The smallest absolute Gasteiger partial charge is 0.240 e. The molecule has 2 N–H and O–H groups in total. The van der Waals surface area contributed by atoms with Crippen LogP contribution >= 0.6 is 0 Å². The Morgan fingerprint density at radius 2 is 2.14 bits per heavy atom. The van der Waals surface area contributed by atoms with Gasteiger partial charge in [-0.3, -0.25) is 0 Å². The van der Waals surface area contributed by atoms with Gasteiger partial charge in [-0.05, 0) is 57.0 Å². The van der Waals surface area contributed by atoms with Crippen LogP contribution in [0.5, 0.6) is 5.75 Å². The molecule has 2 aliphatic rings. The Balaban J connectivity index is 1.80. The second-order valence-electron chi connectivity index (χ2n) is 6.01. The second kappa shape index (κ2) is 5.59. The molecule has 0 bridgehead atoms. The molecule has 3 rings (SSSR count). The van der Waals surface area contributed by atoms with Crippen LogP contribution in [0.2, 0.25) is 0 Å². The van der Waals surface area contributed by atoms with Gasteiger partial charge in [-0.15, -0.1) is 0 Å². The predicted molar refractivity (Wildman–Crippen MR) is 81.0 cm³/mol. The van der Waals surface area contributed by atoms with Crippen molar-refractivity contribution in [3.8, 4) is 5.75 Å². The molecule has 1 aromatic carbocycles. The summed E-state index contributed by atoms with van der Waals surface area (Å²) in [6.45, 7) is 4.96. The highest BCUT2D eigenvalue weighted by molar-refractivity contribution is 7.89. The maximum atomic E-state index is 12.5. The van der Waals surface area contributed by atoms with E-state index in [1.807, 2.05) is 13.8 Å². The number of hydrogen-bond donors (Lipinski definition) is 2. The lowest BCUT2D eigenvalue weighted by Gasteiger charge is -2.30. The summed E-state index contributed by atoms with van der Waals surface area (Å²) in [5, 5.41) is 3.31. The Labute approximate surface area is 126 Å². The molecule has 3 unspecified atom stereocenters. The molecule has 0 saturated carbocycles. The fourth-order valence-corrected chi connectivity index (χ4v) is 4.44. The van der Waals surface area contributed by atoms with Crippen LogP contribution in [0.15, 0.2) is 23.1 Å². The molecule has 2 heterocycles. The topological polar surface area (TPSA) is 67.4 Å². The first kappa shape index (κ1) is 14.8. The summed E-state index contributed by atoms with van der Waals surface area (Å²) in [7, 11) is -3.48. The second-order valence-corrected chi connectivity index (χ2v) is 7.73. The summed E-state index contributed by atoms with van der Waals surface area (Å²) in [6.07, 6.45) is 2.75. The number of sulfonamides is 1. The van der Waals surface area contributed by atoms with Crippen molar-refractivity contribution in [1.29, 1.82) is 0 Å². The van der Waals surface area contributed by atoms with Crippen molar-refractivity contribution in [3.05, 3.63) is 23.8 Å². The van der Waals surface area contributed by atoms with Gasteiger partial charge in [0.05, 0.1) is 4.90 Å². The molecular formula is C15H22N2O3S. The van der Waals surface area contributed by atoms with Crippen molar-refractivity contribution in [2.75, 3.05) is 6.54 Å². The highest BCUT2D eigenvalue weighted by Gasteiger charge is 2.28. The number of fused-ring (bicyclic) bond motifs is 1. The minimum absolute atomic E-state index is 0.0489. The van der Waals surface area contributed by atoms with E-state index in [0.717, 1.165) is 37.1 Å². The summed E-state index contributed by atoms with van der Waals surface area (Å²) < 4.78 is 33.5. The largest absolute Gasteiger partial charge is 0.490 e. The van der Waals surface area contributed by atoms with E-state index < -0.39 is 10.0 Å². The van der Waals surface area contributed by atoms with Crippen molar-refractivity contribution in [1.82, 2.24) is 10.0 Å². The van der Waals surface area contributed by atoms with Gasteiger partial charge in [0.2, 0.25) is 10.0 Å². The zero-order valence-corrected chi connectivity index (χ0v) is 13.2. The molecule has 5 nitrogen and oxygen atoms in total. The normalized spacial score (nSPS) is 29.0. The SMILES string of the molecule is CC1Cc2cc(S(=O)(=O)NC3CCCNC3C)ccc2O1. The van der Waals surface area contributed by atoms with Crippen LogP contribution in [-0.2, 0) is 16.4 Å². The van der Waals surface area contributed by atoms with Crippen molar-refractivity contribution in [2.45, 2.75) is 56.2 Å². The van der Waals surface area contributed by atoms with E-state index in [-0.39, 0.29) is 18.2 Å². The van der Waals surface area contributed by atoms with Gasteiger partial charge in [0, 0.05) is 18.5 Å². The van der Waals surface area contributed by atoms with Crippen molar-refractivity contribution >= 4 is 10.0 Å². The standard InChI is InChI=1S/C15H22N2O3S/c1-10-8-12-9-13(5-6-15(12)20-10)21(18,19)17-14-4-3-7-16-11(14)2/h5-6,9-11,14,16-17H,3-4,7-8H2,1-2H3. The van der Waals surface area contributed by atoms with Gasteiger partial charge in [0.25, 0.3) is 0 Å². The third-order valence-corrected chi connectivity index (χ3v) is 5.73. The first-order valence-electron chi connectivity index (χ1n) is 7.51. The average Bonchev–Trinajstić information content (AvgIpc) is 2.80. The fraction of sp³-hybridized carbons (Fsp3) is 0.600. The van der Waals surface area contributed by atoms with Gasteiger partial charge in [-0.2, -0.15) is 0 Å². The minimum atomic E-state index is -3.48. The molecule has 0 spiro atoms. The Morgan fingerprint density at radius 1 is 1.33 bits per heavy atom. The summed E-state index contributed by atoms with van der Waals surface area (Å²) in [5.74, 6) is 0.800. The van der Waals surface area contributed by atoms with Crippen LogP contribution in [0.4, 0.5) is 0 Å². The third-order valence-electron chi connectivity index (χ3n) is 4.25. The van der Waals surface area contributed by atoms with Gasteiger partial charge in [0.15, 0.2) is 0 Å². The molecule has 6 heteroatoms. The number of benzene rings is 1. The van der Waals surface area contributed by atoms with Gasteiger partial charge >= 0.3 is 0 Å². The minimum Gasteiger partial charge on any atom is -0.490 e. The van der Waals surface area contributed by atoms with E-state index in [1.165, 1.54) is 0 Å². The molecule has 116 valence electrons. The van der Waals surface area contributed by atoms with E-state index >= 15 is 0 Å². The molecule has 1 saturated heterocycles. The van der Waals surface area contributed by atoms with Gasteiger partial charge in [-0.25, -0.2) is 13.1 Å². The summed E-state index contributed by atoms with van der Waals surface area (Å²) >= 11 is 0. The summed E-state index contributed by atoms with van der Waals surface area (Å²) in [5.41, 5.74) is 0.972. The Morgan fingerprint density at radius 3 is 2.90 bits per heavy atom. The van der Waals surface area contributed by atoms with Crippen molar-refractivity contribution in [3.63, 3.8) is 0 Å². The molecule has 0 radical (unpaired) electrons. The lowest BCUT2D eigenvalue weighted by atomic mass is 10.0. The van der Waals surface area contributed by atoms with Crippen LogP contribution < -0.4 is 14.8 Å². The molecular weight excluding hydrogens is 288 g/mol. The highest BCUT2D eigenvalue weighted by Crippen LogP contribution is 2.30. The van der Waals surface area contributed by atoms with Crippen LogP contribution in [0, 0.1) is 0 Å². The molecule has 0 aliphatic carbocycles. The fourth-order valence-electron chi connectivity index (χ4n) is 3.04. The molecule has 0 amide bonds. The van der Waals surface area contributed by atoms with Gasteiger partial charge in [0.1, 0.15) is 11.9 Å². The number of rotatable bonds is 3. The van der Waals surface area contributed by atoms with Crippen LogP contribution in [0.25, 0.3) is 0 Å². The Bertz CT molecular complexity index is 630. The molecule has 2 aliphatic heterocycles. The van der Waals surface area contributed by atoms with Crippen LogP contribution in [0.1, 0.15) is 32.3 Å². The predicted octanol–water partition coefficient (Wildman–Crippen LogP) is 1.43. The monoisotopic (exact) mass is 310 g/mol. The molecule has 0 aromatic heterocycles. The van der Waals surface area contributed by atoms with E-state index in [2.05, 4.69) is 10.0 Å². The molecule has 21 heavy (non-hydrogen) atoms.